The van der Waals surface area contributed by atoms with Crippen LogP contribution in [0.25, 0.3) is 0 Å². The fourth-order valence-electron chi connectivity index (χ4n) is 7.48. The van der Waals surface area contributed by atoms with E-state index >= 15 is 0 Å². The van der Waals surface area contributed by atoms with Gasteiger partial charge in [0.2, 0.25) is 0 Å². The molecule has 3 heterocycles. The molecule has 2 fully saturated rings. The van der Waals surface area contributed by atoms with E-state index < -0.39 is 6.10 Å². The van der Waals surface area contributed by atoms with Crippen LogP contribution in [-0.4, -0.2) is 65.0 Å². The highest BCUT2D eigenvalue weighted by molar-refractivity contribution is 6.00. The number of rotatable bonds is 4. The van der Waals surface area contributed by atoms with E-state index in [1.54, 1.807) is 4.90 Å². The maximum Gasteiger partial charge on any atom is 0.254 e. The highest BCUT2D eigenvalue weighted by Gasteiger charge is 2.42. The van der Waals surface area contributed by atoms with Gasteiger partial charge in [0.1, 0.15) is 0 Å². The Bertz CT molecular complexity index is 1230. The number of nitrogens with one attached hydrogen (secondary N) is 1. The Morgan fingerprint density at radius 3 is 2.61 bits per heavy atom. The van der Waals surface area contributed by atoms with Gasteiger partial charge in [0.05, 0.1) is 6.10 Å². The second kappa shape index (κ2) is 9.80. The van der Waals surface area contributed by atoms with Crippen LogP contribution in [0.2, 0.25) is 0 Å². The van der Waals surface area contributed by atoms with Gasteiger partial charge in [0, 0.05) is 55.3 Å². The van der Waals surface area contributed by atoms with Crippen molar-refractivity contribution in [1.82, 2.24) is 15.1 Å². The highest BCUT2D eigenvalue weighted by atomic mass is 16.3. The predicted molar refractivity (Wildman–Crippen MR) is 148 cm³/mol. The molecule has 4 aliphatic rings. The number of carbonyl (C=O) groups excluding carboxylic acids is 2. The van der Waals surface area contributed by atoms with Crippen LogP contribution in [0.4, 0.5) is 0 Å². The van der Waals surface area contributed by atoms with Crippen LogP contribution in [0.1, 0.15) is 89.8 Å². The van der Waals surface area contributed by atoms with Gasteiger partial charge in [-0.3, -0.25) is 9.59 Å². The minimum Gasteiger partial charge on any atom is -0.390 e. The smallest absolute Gasteiger partial charge is 0.254 e. The first-order chi connectivity index (χ1) is 18.2. The first-order valence-electron chi connectivity index (χ1n) is 14.5. The molecule has 2 aromatic rings. The molecule has 1 saturated heterocycles. The molecule has 2 N–H and O–H groups in total. The summed E-state index contributed by atoms with van der Waals surface area (Å²) in [7, 11) is 0. The van der Waals surface area contributed by atoms with E-state index in [0.717, 1.165) is 38.0 Å². The summed E-state index contributed by atoms with van der Waals surface area (Å²) in [4.78, 5) is 30.9. The van der Waals surface area contributed by atoms with Gasteiger partial charge in [-0.05, 0) is 66.0 Å². The van der Waals surface area contributed by atoms with Gasteiger partial charge >= 0.3 is 0 Å². The molecule has 2 amide bonds. The van der Waals surface area contributed by atoms with Crippen molar-refractivity contribution in [2.45, 2.75) is 82.9 Å². The zero-order valence-electron chi connectivity index (χ0n) is 22.8. The van der Waals surface area contributed by atoms with Crippen LogP contribution < -0.4 is 5.32 Å². The summed E-state index contributed by atoms with van der Waals surface area (Å²) < 4.78 is 0. The molecule has 202 valence electrons. The third kappa shape index (κ3) is 4.66. The molecular formula is C32H41N3O3. The molecule has 38 heavy (non-hydrogen) atoms. The number of amides is 2. The van der Waals surface area contributed by atoms with Crippen molar-refractivity contribution in [1.29, 1.82) is 0 Å². The van der Waals surface area contributed by atoms with E-state index in [4.69, 9.17) is 0 Å². The molecule has 1 aliphatic carbocycles. The maximum absolute atomic E-state index is 13.6. The van der Waals surface area contributed by atoms with Gasteiger partial charge in [-0.25, -0.2) is 0 Å². The van der Waals surface area contributed by atoms with Crippen LogP contribution in [0.15, 0.2) is 42.5 Å². The van der Waals surface area contributed by atoms with Crippen LogP contribution >= 0.6 is 0 Å². The summed E-state index contributed by atoms with van der Waals surface area (Å²) in [6.07, 6.45) is 7.59. The Labute approximate surface area is 226 Å². The Hall–Kier alpha value is -2.70. The van der Waals surface area contributed by atoms with E-state index in [2.05, 4.69) is 31.3 Å². The Kier molecular flexibility index (Phi) is 6.59. The van der Waals surface area contributed by atoms with Crippen molar-refractivity contribution in [3.8, 4) is 0 Å². The Balaban J connectivity index is 1.16. The van der Waals surface area contributed by atoms with Gasteiger partial charge in [0.25, 0.3) is 11.8 Å². The first-order valence-corrected chi connectivity index (χ1v) is 14.5. The van der Waals surface area contributed by atoms with Crippen molar-refractivity contribution in [3.05, 3.63) is 70.3 Å². The molecule has 2 atom stereocenters. The lowest BCUT2D eigenvalue weighted by atomic mass is 9.73. The van der Waals surface area contributed by atoms with Gasteiger partial charge in [-0.15, -0.1) is 0 Å². The summed E-state index contributed by atoms with van der Waals surface area (Å²) in [6.45, 7) is 7.51. The number of hydrogen-bond acceptors (Lipinski definition) is 4. The van der Waals surface area contributed by atoms with Crippen LogP contribution in [-0.2, 0) is 18.4 Å². The van der Waals surface area contributed by atoms with Gasteiger partial charge in [-0.1, -0.05) is 57.4 Å². The second-order valence-electron chi connectivity index (χ2n) is 12.9. The molecule has 2 aromatic carbocycles. The average molecular weight is 516 g/mol. The minimum atomic E-state index is -0.659. The number of benzene rings is 2. The average Bonchev–Trinajstić information content (AvgIpc) is 3.33. The number of fused-ring (bicyclic) bond motifs is 2. The molecule has 1 saturated carbocycles. The summed E-state index contributed by atoms with van der Waals surface area (Å²) >= 11 is 0. The predicted octanol–water partition coefficient (Wildman–Crippen LogP) is 4.29. The molecule has 0 radical (unpaired) electrons. The number of aliphatic hydroxyl groups excluding tert-OH is 1. The number of hydrogen-bond donors (Lipinski definition) is 2. The minimum absolute atomic E-state index is 0.0593. The summed E-state index contributed by atoms with van der Waals surface area (Å²) in [5.41, 5.74) is 4.82. The van der Waals surface area contributed by atoms with E-state index in [-0.39, 0.29) is 29.8 Å². The molecule has 6 heteroatoms. The topological polar surface area (TPSA) is 72.9 Å². The molecule has 0 aromatic heterocycles. The molecule has 6 rings (SSSR count). The number of carbonyl (C=O) groups is 2. The molecule has 1 spiro atoms. The van der Waals surface area contributed by atoms with E-state index in [1.807, 2.05) is 35.2 Å². The SMILES string of the molecule is CC1(C)CN(C[C@@H](O)[C@@H]2Cc3ccccc3CN2)C(=O)c2ccc(C(=O)N3CCC4(CCCCC4)C3)cc21. The lowest BCUT2D eigenvalue weighted by Gasteiger charge is -2.41. The lowest BCUT2D eigenvalue weighted by Crippen LogP contribution is -2.54. The molecule has 6 nitrogen and oxygen atoms in total. The Morgan fingerprint density at radius 1 is 1.05 bits per heavy atom. The first kappa shape index (κ1) is 25.6. The molecule has 0 bridgehead atoms. The summed E-state index contributed by atoms with van der Waals surface area (Å²) in [6, 6.07) is 13.9. The number of aliphatic hydroxyl groups is 1. The van der Waals surface area contributed by atoms with Crippen molar-refractivity contribution in [2.75, 3.05) is 26.2 Å². The fourth-order valence-corrected chi connectivity index (χ4v) is 7.48. The normalized spacial score (nSPS) is 24.7. The molecule has 3 aliphatic heterocycles. The molecular weight excluding hydrogens is 474 g/mol. The zero-order valence-corrected chi connectivity index (χ0v) is 22.8. The third-order valence-electron chi connectivity index (χ3n) is 9.72. The fraction of sp³-hybridized carbons (Fsp3) is 0.562. The van der Waals surface area contributed by atoms with Crippen molar-refractivity contribution >= 4 is 11.8 Å². The Morgan fingerprint density at radius 2 is 1.82 bits per heavy atom. The quantitative estimate of drug-likeness (QED) is 0.637. The highest BCUT2D eigenvalue weighted by Crippen LogP contribution is 2.44. The standard InChI is InChI=1S/C32H41N3O3/c1-31(2)20-35(19-28(36)27-17-22-8-4-5-9-24(22)18-33-27)30(38)25-11-10-23(16-26(25)31)29(37)34-15-14-32(21-34)12-6-3-7-13-32/h4-5,8-11,16,27-28,33,36H,3,6-7,12-15,17-21H2,1-2H3/t27-,28+/m0/s1. The number of β-amino-alcohol motifs (C(OH)–C–C–N with tert-alkyl or cyclic N) is 1. The van der Waals surface area contributed by atoms with E-state index in [9.17, 15) is 14.7 Å². The van der Waals surface area contributed by atoms with Gasteiger partial charge in [-0.2, -0.15) is 0 Å². The largest absolute Gasteiger partial charge is 0.390 e. The summed E-state index contributed by atoms with van der Waals surface area (Å²) in [5, 5.41) is 14.6. The lowest BCUT2D eigenvalue weighted by molar-refractivity contribution is 0.0444. The number of likely N-dealkylation sites (tertiary alicyclic amines) is 1. The second-order valence-corrected chi connectivity index (χ2v) is 12.9. The van der Waals surface area contributed by atoms with E-state index in [0.29, 0.717) is 23.1 Å². The van der Waals surface area contributed by atoms with Crippen LogP contribution in [0.3, 0.4) is 0 Å². The van der Waals surface area contributed by atoms with Gasteiger partial charge < -0.3 is 20.2 Å². The van der Waals surface area contributed by atoms with Crippen LogP contribution in [0, 0.1) is 5.41 Å². The van der Waals surface area contributed by atoms with Crippen molar-refractivity contribution in [2.24, 2.45) is 5.41 Å². The maximum atomic E-state index is 13.6. The number of nitrogens with zero attached hydrogens (tertiary/aromatic N) is 2. The monoisotopic (exact) mass is 515 g/mol. The zero-order chi connectivity index (χ0) is 26.5. The summed E-state index contributed by atoms with van der Waals surface area (Å²) in [5.74, 6) is 0.0379. The van der Waals surface area contributed by atoms with Crippen molar-refractivity contribution < 1.29 is 14.7 Å². The van der Waals surface area contributed by atoms with Crippen LogP contribution in [0.5, 0.6) is 0 Å². The van der Waals surface area contributed by atoms with Gasteiger partial charge in [0.15, 0.2) is 0 Å². The van der Waals surface area contributed by atoms with Crippen molar-refractivity contribution in [3.63, 3.8) is 0 Å². The third-order valence-corrected chi connectivity index (χ3v) is 9.72. The molecule has 0 unspecified atom stereocenters. The van der Waals surface area contributed by atoms with E-state index in [1.165, 1.54) is 43.2 Å².